The Bertz CT molecular complexity index is 1070. The molecule has 1 fully saturated rings. The highest BCUT2D eigenvalue weighted by molar-refractivity contribution is 6.09. The summed E-state index contributed by atoms with van der Waals surface area (Å²) in [6.45, 7) is 1.61. The maximum atomic E-state index is 14.3. The number of carbonyl (C=O) groups is 2. The van der Waals surface area contributed by atoms with E-state index in [9.17, 15) is 28.5 Å². The molecule has 0 spiro atoms. The first kappa shape index (κ1) is 21.1. The molecule has 1 atom stereocenters. The minimum Gasteiger partial charge on any atom is -0.326 e. The molecular formula is C21H19F2N3O4. The van der Waals surface area contributed by atoms with Crippen molar-refractivity contribution in [3.8, 4) is 0 Å². The number of nitro benzene ring substituents is 1. The van der Waals surface area contributed by atoms with Crippen LogP contribution in [0.5, 0.6) is 0 Å². The molecule has 1 unspecified atom stereocenters. The van der Waals surface area contributed by atoms with E-state index in [-0.39, 0.29) is 12.1 Å². The quantitative estimate of drug-likeness (QED) is 0.436. The molecule has 0 bridgehead atoms. The lowest BCUT2D eigenvalue weighted by atomic mass is 9.87. The number of likely N-dealkylation sites (N-methyl/N-ethyl adjacent to an activating group) is 2. The van der Waals surface area contributed by atoms with Gasteiger partial charge in [0.15, 0.2) is 11.6 Å². The predicted molar refractivity (Wildman–Crippen MR) is 105 cm³/mol. The average Bonchev–Trinajstić information content (AvgIpc) is 2.72. The fraction of sp³-hybridized carbons (Fsp3) is 0.238. The number of piperazine rings is 1. The number of nitro groups is 1. The summed E-state index contributed by atoms with van der Waals surface area (Å²) < 4.78 is 28.0. The molecule has 1 heterocycles. The highest BCUT2D eigenvalue weighted by Gasteiger charge is 2.48. The molecule has 1 aliphatic heterocycles. The Morgan fingerprint density at radius 1 is 1.10 bits per heavy atom. The zero-order valence-electron chi connectivity index (χ0n) is 16.6. The van der Waals surface area contributed by atoms with Gasteiger partial charge >= 0.3 is 0 Å². The molecule has 1 saturated heterocycles. The van der Waals surface area contributed by atoms with Crippen LogP contribution in [0.25, 0.3) is 6.08 Å². The summed E-state index contributed by atoms with van der Waals surface area (Å²) in [4.78, 5) is 38.8. The normalized spacial score (nSPS) is 20.8. The van der Waals surface area contributed by atoms with E-state index in [1.807, 2.05) is 30.3 Å². The molecule has 0 aromatic heterocycles. The van der Waals surface area contributed by atoms with Gasteiger partial charge in [0.1, 0.15) is 11.2 Å². The van der Waals surface area contributed by atoms with E-state index in [4.69, 9.17) is 0 Å². The van der Waals surface area contributed by atoms with Crippen LogP contribution in [0.15, 0.2) is 48.2 Å². The number of hydrogen-bond acceptors (Lipinski definition) is 4. The van der Waals surface area contributed by atoms with Crippen molar-refractivity contribution in [3.05, 3.63) is 81.0 Å². The van der Waals surface area contributed by atoms with Crippen LogP contribution in [0.4, 0.5) is 14.5 Å². The molecule has 0 radical (unpaired) electrons. The van der Waals surface area contributed by atoms with Gasteiger partial charge in [0.05, 0.1) is 10.5 Å². The zero-order valence-corrected chi connectivity index (χ0v) is 16.6. The molecule has 30 heavy (non-hydrogen) atoms. The minimum absolute atomic E-state index is 0.237. The monoisotopic (exact) mass is 415 g/mol. The van der Waals surface area contributed by atoms with E-state index in [2.05, 4.69) is 0 Å². The zero-order chi connectivity index (χ0) is 22.2. The first-order chi connectivity index (χ1) is 14.1. The number of carbonyl (C=O) groups excluding carboxylic acids is 2. The number of benzene rings is 2. The summed E-state index contributed by atoms with van der Waals surface area (Å²) in [6, 6.07) is 10.6. The molecule has 2 amide bonds. The third-order valence-electron chi connectivity index (χ3n) is 5.37. The molecule has 2 aromatic carbocycles. The minimum atomic E-state index is -1.47. The number of amides is 2. The largest absolute Gasteiger partial charge is 0.326 e. The number of halogens is 2. The molecule has 9 heteroatoms. The highest BCUT2D eigenvalue weighted by Crippen LogP contribution is 2.33. The van der Waals surface area contributed by atoms with Gasteiger partial charge in [-0.2, -0.15) is 0 Å². The average molecular weight is 415 g/mol. The summed E-state index contributed by atoms with van der Waals surface area (Å²) in [7, 11) is 2.76. The summed E-state index contributed by atoms with van der Waals surface area (Å²) in [5.74, 6) is -3.87. The van der Waals surface area contributed by atoms with Gasteiger partial charge in [-0.25, -0.2) is 8.78 Å². The van der Waals surface area contributed by atoms with Gasteiger partial charge in [-0.05, 0) is 24.6 Å². The van der Waals surface area contributed by atoms with E-state index < -0.39 is 45.2 Å². The van der Waals surface area contributed by atoms with E-state index in [0.29, 0.717) is 6.07 Å². The fourth-order valence-corrected chi connectivity index (χ4v) is 3.49. The van der Waals surface area contributed by atoms with Gasteiger partial charge < -0.3 is 9.80 Å². The molecule has 0 aliphatic carbocycles. The van der Waals surface area contributed by atoms with Crippen LogP contribution in [-0.4, -0.2) is 46.2 Å². The lowest BCUT2D eigenvalue weighted by Gasteiger charge is -2.45. The van der Waals surface area contributed by atoms with Crippen LogP contribution in [0.3, 0.4) is 0 Å². The first-order valence-corrected chi connectivity index (χ1v) is 9.02. The smallest absolute Gasteiger partial charge is 0.279 e. The molecule has 7 nitrogen and oxygen atoms in total. The Kier molecular flexibility index (Phi) is 5.39. The summed E-state index contributed by atoms with van der Waals surface area (Å²) in [5, 5.41) is 11.2. The summed E-state index contributed by atoms with van der Waals surface area (Å²) >= 11 is 0. The number of nitrogens with zero attached hydrogens (tertiary/aromatic N) is 3. The van der Waals surface area contributed by atoms with Crippen LogP contribution in [-0.2, 0) is 16.0 Å². The van der Waals surface area contributed by atoms with Gasteiger partial charge in [-0.3, -0.25) is 19.7 Å². The first-order valence-electron chi connectivity index (χ1n) is 9.02. The fourth-order valence-electron chi connectivity index (χ4n) is 3.49. The molecule has 2 aromatic rings. The van der Waals surface area contributed by atoms with Gasteiger partial charge in [0, 0.05) is 26.6 Å². The van der Waals surface area contributed by atoms with E-state index >= 15 is 0 Å². The van der Waals surface area contributed by atoms with Crippen LogP contribution >= 0.6 is 0 Å². The van der Waals surface area contributed by atoms with Crippen molar-refractivity contribution in [2.24, 2.45) is 0 Å². The Morgan fingerprint density at radius 2 is 1.73 bits per heavy atom. The molecule has 0 N–H and O–H groups in total. The Balaban J connectivity index is 2.07. The topological polar surface area (TPSA) is 83.8 Å². The van der Waals surface area contributed by atoms with Crippen LogP contribution in [0, 0.1) is 21.7 Å². The highest BCUT2D eigenvalue weighted by atomic mass is 19.2. The lowest BCUT2D eigenvalue weighted by molar-refractivity contribution is -0.385. The van der Waals surface area contributed by atoms with Crippen molar-refractivity contribution < 1.29 is 23.3 Å². The third-order valence-corrected chi connectivity index (χ3v) is 5.37. The number of rotatable bonds is 4. The van der Waals surface area contributed by atoms with Crippen LogP contribution in [0.2, 0.25) is 0 Å². The van der Waals surface area contributed by atoms with E-state index in [1.54, 1.807) is 6.92 Å². The maximum Gasteiger partial charge on any atom is 0.279 e. The summed E-state index contributed by atoms with van der Waals surface area (Å²) in [5.41, 5.74) is -2.10. The third kappa shape index (κ3) is 3.42. The Hall–Kier alpha value is -3.62. The summed E-state index contributed by atoms with van der Waals surface area (Å²) in [6.07, 6.45) is 1.08. The van der Waals surface area contributed by atoms with Crippen molar-refractivity contribution in [2.75, 3.05) is 14.1 Å². The second kappa shape index (κ2) is 7.66. The van der Waals surface area contributed by atoms with Gasteiger partial charge in [-0.1, -0.05) is 30.3 Å². The Morgan fingerprint density at radius 3 is 2.33 bits per heavy atom. The second-order valence-corrected chi connectivity index (χ2v) is 7.25. The van der Waals surface area contributed by atoms with Gasteiger partial charge in [0.2, 0.25) is 0 Å². The lowest BCUT2D eigenvalue weighted by Crippen LogP contribution is -2.64. The molecule has 156 valence electrons. The van der Waals surface area contributed by atoms with Crippen LogP contribution in [0.1, 0.15) is 18.1 Å². The number of hydrogen-bond donors (Lipinski definition) is 0. The van der Waals surface area contributed by atoms with Crippen molar-refractivity contribution >= 4 is 23.6 Å². The van der Waals surface area contributed by atoms with Crippen molar-refractivity contribution in [3.63, 3.8) is 0 Å². The molecule has 3 rings (SSSR count). The standard InChI is InChI=1S/C21H19F2N3O4/c1-21(12-13-7-5-4-6-8-13)20(28)24(2)17(19(27)25(21)3)11-14-16(26(29)30)10-9-15(22)18(14)23/h4-11H,12H2,1-3H3. The SMILES string of the molecule is CN1C(=O)C(C)(Cc2ccccc2)N(C)C(=O)C1=Cc1c([N+](=O)[O-])ccc(F)c1F. The van der Waals surface area contributed by atoms with Crippen LogP contribution < -0.4 is 0 Å². The van der Waals surface area contributed by atoms with E-state index in [1.165, 1.54) is 19.0 Å². The molecule has 1 aliphatic rings. The Labute approximate surface area is 171 Å². The molecular weight excluding hydrogens is 396 g/mol. The van der Waals surface area contributed by atoms with Crippen molar-refractivity contribution in [2.45, 2.75) is 18.9 Å². The maximum absolute atomic E-state index is 14.3. The van der Waals surface area contributed by atoms with Crippen molar-refractivity contribution in [1.29, 1.82) is 0 Å². The second-order valence-electron chi connectivity index (χ2n) is 7.25. The molecule has 0 saturated carbocycles. The predicted octanol–water partition coefficient (Wildman–Crippen LogP) is 3.15. The van der Waals surface area contributed by atoms with Gasteiger partial charge in [0.25, 0.3) is 17.5 Å². The van der Waals surface area contributed by atoms with Crippen molar-refractivity contribution in [1.82, 2.24) is 9.80 Å². The van der Waals surface area contributed by atoms with Gasteiger partial charge in [-0.15, -0.1) is 0 Å². The van der Waals surface area contributed by atoms with E-state index in [0.717, 1.165) is 22.6 Å².